The van der Waals surface area contributed by atoms with Gasteiger partial charge in [-0.15, -0.1) is 0 Å². The summed E-state index contributed by atoms with van der Waals surface area (Å²) in [4.78, 5) is 0. The number of nitrogens with one attached hydrogen (secondary N) is 1. The van der Waals surface area contributed by atoms with Crippen LogP contribution in [0.3, 0.4) is 0 Å². The molecule has 1 N–H and O–H groups in total. The predicted molar refractivity (Wildman–Crippen MR) is 88.2 cm³/mol. The van der Waals surface area contributed by atoms with Crippen molar-refractivity contribution in [3.05, 3.63) is 35.9 Å². The first-order chi connectivity index (χ1) is 9.90. The van der Waals surface area contributed by atoms with Crippen LogP contribution in [0, 0.1) is 5.92 Å². The molecule has 0 aliphatic heterocycles. The number of rotatable bonds is 8. The molecule has 0 radical (unpaired) electrons. The van der Waals surface area contributed by atoms with Crippen LogP contribution in [0.4, 0.5) is 0 Å². The summed E-state index contributed by atoms with van der Waals surface area (Å²) in [5.74, 6) is 1.70. The van der Waals surface area contributed by atoms with E-state index in [-0.39, 0.29) is 0 Å². The Kier molecular flexibility index (Phi) is 7.14. The topological polar surface area (TPSA) is 12.0 Å². The first kappa shape index (κ1) is 15.6. The fourth-order valence-corrected chi connectivity index (χ4v) is 3.48. The van der Waals surface area contributed by atoms with Gasteiger partial charge < -0.3 is 5.32 Å². The molecular formula is C19H31N. The van der Waals surface area contributed by atoms with E-state index in [1.54, 1.807) is 0 Å². The molecule has 1 aromatic rings. The van der Waals surface area contributed by atoms with Crippen molar-refractivity contribution in [2.75, 3.05) is 13.1 Å². The summed E-state index contributed by atoms with van der Waals surface area (Å²) >= 11 is 0. The highest BCUT2D eigenvalue weighted by molar-refractivity contribution is 5.19. The Hall–Kier alpha value is -0.820. The Labute approximate surface area is 125 Å². The standard InChI is InChI=1S/C19H31N/c1-2-15-20-16-19(18-11-7-4-8-12-18)14-13-17-9-5-3-6-10-17/h4,7-8,11-12,17,19-20H,2-3,5-6,9-10,13-16H2,1H3. The highest BCUT2D eigenvalue weighted by atomic mass is 14.8. The molecular weight excluding hydrogens is 242 g/mol. The van der Waals surface area contributed by atoms with Gasteiger partial charge in [0.15, 0.2) is 0 Å². The van der Waals surface area contributed by atoms with Crippen molar-refractivity contribution in [1.82, 2.24) is 5.32 Å². The largest absolute Gasteiger partial charge is 0.316 e. The van der Waals surface area contributed by atoms with E-state index in [1.807, 2.05) is 0 Å². The molecule has 0 aromatic heterocycles. The maximum absolute atomic E-state index is 3.62. The molecule has 0 bridgehead atoms. The van der Waals surface area contributed by atoms with Gasteiger partial charge >= 0.3 is 0 Å². The Morgan fingerprint density at radius 2 is 1.85 bits per heavy atom. The Morgan fingerprint density at radius 1 is 1.10 bits per heavy atom. The van der Waals surface area contributed by atoms with Crippen LogP contribution in [-0.4, -0.2) is 13.1 Å². The zero-order valence-electron chi connectivity index (χ0n) is 13.1. The van der Waals surface area contributed by atoms with E-state index in [1.165, 1.54) is 56.9 Å². The second-order valence-electron chi connectivity index (χ2n) is 6.39. The molecule has 1 aromatic carbocycles. The average Bonchev–Trinajstić information content (AvgIpc) is 2.52. The third-order valence-electron chi connectivity index (χ3n) is 4.74. The fraction of sp³-hybridized carbons (Fsp3) is 0.684. The summed E-state index contributed by atoms with van der Waals surface area (Å²) in [6.45, 7) is 4.53. The lowest BCUT2D eigenvalue weighted by molar-refractivity contribution is 0.321. The van der Waals surface area contributed by atoms with Gasteiger partial charge in [0.1, 0.15) is 0 Å². The van der Waals surface area contributed by atoms with Gasteiger partial charge in [-0.1, -0.05) is 69.4 Å². The molecule has 1 unspecified atom stereocenters. The molecule has 1 atom stereocenters. The smallest absolute Gasteiger partial charge is 0.00201 e. The van der Waals surface area contributed by atoms with E-state index in [2.05, 4.69) is 42.6 Å². The molecule has 1 heteroatoms. The van der Waals surface area contributed by atoms with Gasteiger partial charge in [0, 0.05) is 6.54 Å². The first-order valence-corrected chi connectivity index (χ1v) is 8.65. The van der Waals surface area contributed by atoms with Crippen molar-refractivity contribution in [3.63, 3.8) is 0 Å². The van der Waals surface area contributed by atoms with Crippen LogP contribution in [0.15, 0.2) is 30.3 Å². The lowest BCUT2D eigenvalue weighted by Gasteiger charge is -2.25. The van der Waals surface area contributed by atoms with Gasteiger partial charge in [-0.3, -0.25) is 0 Å². The second kappa shape index (κ2) is 9.18. The summed E-state index contributed by atoms with van der Waals surface area (Å²) in [6, 6.07) is 11.1. The van der Waals surface area contributed by atoms with E-state index < -0.39 is 0 Å². The summed E-state index contributed by atoms with van der Waals surface area (Å²) in [5, 5.41) is 3.62. The van der Waals surface area contributed by atoms with Crippen molar-refractivity contribution in [1.29, 1.82) is 0 Å². The Morgan fingerprint density at radius 3 is 2.55 bits per heavy atom. The monoisotopic (exact) mass is 273 g/mol. The normalized spacial score (nSPS) is 18.1. The second-order valence-corrected chi connectivity index (χ2v) is 6.39. The number of benzene rings is 1. The van der Waals surface area contributed by atoms with Crippen molar-refractivity contribution in [2.45, 2.75) is 64.2 Å². The van der Waals surface area contributed by atoms with Gasteiger partial charge in [0.25, 0.3) is 0 Å². The first-order valence-electron chi connectivity index (χ1n) is 8.65. The molecule has 20 heavy (non-hydrogen) atoms. The summed E-state index contributed by atoms with van der Waals surface area (Å²) in [5.41, 5.74) is 1.52. The van der Waals surface area contributed by atoms with Crippen molar-refractivity contribution in [2.24, 2.45) is 5.92 Å². The van der Waals surface area contributed by atoms with E-state index in [0.717, 1.165) is 19.0 Å². The zero-order valence-corrected chi connectivity index (χ0v) is 13.1. The highest BCUT2D eigenvalue weighted by Crippen LogP contribution is 2.31. The molecule has 2 rings (SSSR count). The third-order valence-corrected chi connectivity index (χ3v) is 4.74. The maximum Gasteiger partial charge on any atom is 0.00201 e. The van der Waals surface area contributed by atoms with Gasteiger partial charge in [-0.2, -0.15) is 0 Å². The molecule has 1 nitrogen and oxygen atoms in total. The van der Waals surface area contributed by atoms with Crippen molar-refractivity contribution in [3.8, 4) is 0 Å². The predicted octanol–water partition coefficient (Wildman–Crippen LogP) is 5.13. The minimum absolute atomic E-state index is 0.699. The van der Waals surface area contributed by atoms with Gasteiger partial charge in [0.2, 0.25) is 0 Å². The van der Waals surface area contributed by atoms with Crippen LogP contribution in [0.1, 0.15) is 69.8 Å². The molecule has 0 heterocycles. The Bertz CT molecular complexity index is 340. The highest BCUT2D eigenvalue weighted by Gasteiger charge is 2.17. The van der Waals surface area contributed by atoms with E-state index >= 15 is 0 Å². The maximum atomic E-state index is 3.62. The molecule has 0 spiro atoms. The van der Waals surface area contributed by atoms with Crippen LogP contribution in [0.2, 0.25) is 0 Å². The SMILES string of the molecule is CCCNCC(CCC1CCCCC1)c1ccccc1. The molecule has 0 amide bonds. The molecule has 0 saturated heterocycles. The van der Waals surface area contributed by atoms with Gasteiger partial charge in [-0.05, 0) is 43.2 Å². The van der Waals surface area contributed by atoms with E-state index in [4.69, 9.17) is 0 Å². The lowest BCUT2D eigenvalue weighted by atomic mass is 9.83. The van der Waals surface area contributed by atoms with Crippen LogP contribution in [0.5, 0.6) is 0 Å². The van der Waals surface area contributed by atoms with Crippen molar-refractivity contribution >= 4 is 0 Å². The summed E-state index contributed by atoms with van der Waals surface area (Å²) < 4.78 is 0. The minimum atomic E-state index is 0.699. The summed E-state index contributed by atoms with van der Waals surface area (Å²) in [6.07, 6.45) is 11.4. The zero-order chi connectivity index (χ0) is 14.0. The minimum Gasteiger partial charge on any atom is -0.316 e. The molecule has 1 aliphatic rings. The third kappa shape index (κ3) is 5.28. The molecule has 1 saturated carbocycles. The molecule has 1 aliphatic carbocycles. The molecule has 112 valence electrons. The van der Waals surface area contributed by atoms with Crippen LogP contribution < -0.4 is 5.32 Å². The van der Waals surface area contributed by atoms with Crippen molar-refractivity contribution < 1.29 is 0 Å². The van der Waals surface area contributed by atoms with E-state index in [9.17, 15) is 0 Å². The number of hydrogen-bond acceptors (Lipinski definition) is 1. The van der Waals surface area contributed by atoms with Crippen LogP contribution in [0.25, 0.3) is 0 Å². The van der Waals surface area contributed by atoms with Crippen LogP contribution >= 0.6 is 0 Å². The van der Waals surface area contributed by atoms with E-state index in [0.29, 0.717) is 5.92 Å². The van der Waals surface area contributed by atoms with Gasteiger partial charge in [0.05, 0.1) is 0 Å². The fourth-order valence-electron chi connectivity index (χ4n) is 3.48. The van der Waals surface area contributed by atoms with Gasteiger partial charge in [-0.25, -0.2) is 0 Å². The van der Waals surface area contributed by atoms with Crippen LogP contribution in [-0.2, 0) is 0 Å². The average molecular weight is 273 g/mol. The molecule has 1 fully saturated rings. The lowest BCUT2D eigenvalue weighted by Crippen LogP contribution is -2.23. The quantitative estimate of drug-likeness (QED) is 0.647. The summed E-state index contributed by atoms with van der Waals surface area (Å²) in [7, 11) is 0. The number of hydrogen-bond donors (Lipinski definition) is 1. The Balaban J connectivity index is 1.84.